The number of fused-ring (bicyclic) bond motifs is 1. The predicted octanol–water partition coefficient (Wildman–Crippen LogP) is 3.28. The zero-order valence-corrected chi connectivity index (χ0v) is 15.6. The third kappa shape index (κ3) is 3.75. The first-order chi connectivity index (χ1) is 13.3. The van der Waals surface area contributed by atoms with Gasteiger partial charge in [0.1, 0.15) is 11.6 Å². The van der Waals surface area contributed by atoms with E-state index in [0.717, 1.165) is 54.5 Å². The van der Waals surface area contributed by atoms with Crippen LogP contribution in [0.15, 0.2) is 36.8 Å². The summed E-state index contributed by atoms with van der Waals surface area (Å²) in [7, 11) is 3.92. The minimum absolute atomic E-state index is 0.238. The van der Waals surface area contributed by atoms with Crippen molar-refractivity contribution in [2.75, 3.05) is 6.54 Å². The van der Waals surface area contributed by atoms with Crippen LogP contribution in [0.4, 0.5) is 13.2 Å². The number of hydrogen-bond acceptors (Lipinski definition) is 4. The van der Waals surface area contributed by atoms with Gasteiger partial charge < -0.3 is 13.9 Å². The largest absolute Gasteiger partial charge is 0.573 e. The lowest BCUT2D eigenvalue weighted by atomic mass is 10.1. The maximum atomic E-state index is 12.3. The van der Waals surface area contributed by atoms with E-state index in [0.29, 0.717) is 0 Å². The monoisotopic (exact) mass is 391 g/mol. The number of aromatic nitrogens is 4. The summed E-state index contributed by atoms with van der Waals surface area (Å²) in [5.74, 6) is 0.503. The van der Waals surface area contributed by atoms with Crippen molar-refractivity contribution in [2.45, 2.75) is 25.9 Å². The molecule has 3 heterocycles. The minimum Gasteiger partial charge on any atom is -0.406 e. The Labute approximate surface area is 160 Å². The molecule has 1 aliphatic rings. The van der Waals surface area contributed by atoms with E-state index in [1.165, 1.54) is 12.1 Å². The molecular weight excluding hydrogens is 371 g/mol. The quantitative estimate of drug-likeness (QED) is 0.685. The summed E-state index contributed by atoms with van der Waals surface area (Å²) in [5.41, 5.74) is 4.06. The topological polar surface area (TPSA) is 48.1 Å². The summed E-state index contributed by atoms with van der Waals surface area (Å²) in [6, 6.07) is 5.82. The number of rotatable bonds is 4. The molecule has 0 amide bonds. The normalized spacial score (nSPS) is 14.9. The van der Waals surface area contributed by atoms with Gasteiger partial charge in [0, 0.05) is 51.9 Å². The Balaban J connectivity index is 1.53. The van der Waals surface area contributed by atoms with Crippen molar-refractivity contribution in [3.63, 3.8) is 0 Å². The maximum absolute atomic E-state index is 12.3. The van der Waals surface area contributed by atoms with E-state index in [9.17, 15) is 13.2 Å². The number of benzene rings is 1. The molecule has 0 bridgehead atoms. The van der Waals surface area contributed by atoms with Gasteiger partial charge in [-0.25, -0.2) is 9.97 Å². The molecule has 28 heavy (non-hydrogen) atoms. The van der Waals surface area contributed by atoms with Gasteiger partial charge in [-0.15, -0.1) is 13.2 Å². The minimum atomic E-state index is -4.69. The number of ether oxygens (including phenoxy) is 1. The van der Waals surface area contributed by atoms with Crippen molar-refractivity contribution < 1.29 is 17.9 Å². The zero-order chi connectivity index (χ0) is 19.9. The molecule has 0 fully saturated rings. The van der Waals surface area contributed by atoms with Gasteiger partial charge in [0.2, 0.25) is 0 Å². The number of imidazole rings is 2. The van der Waals surface area contributed by atoms with Gasteiger partial charge in [0.15, 0.2) is 0 Å². The lowest BCUT2D eigenvalue weighted by Crippen LogP contribution is -2.31. The first kappa shape index (κ1) is 18.5. The van der Waals surface area contributed by atoms with E-state index < -0.39 is 6.36 Å². The van der Waals surface area contributed by atoms with Crippen LogP contribution in [0.2, 0.25) is 0 Å². The molecule has 9 heteroatoms. The highest BCUT2D eigenvalue weighted by Gasteiger charge is 2.31. The third-order valence-electron chi connectivity index (χ3n) is 4.98. The summed E-state index contributed by atoms with van der Waals surface area (Å²) in [4.78, 5) is 11.2. The number of hydrogen-bond donors (Lipinski definition) is 0. The zero-order valence-electron chi connectivity index (χ0n) is 15.6. The number of alkyl halides is 3. The smallest absolute Gasteiger partial charge is 0.406 e. The van der Waals surface area contributed by atoms with Crippen LogP contribution in [0, 0.1) is 0 Å². The highest BCUT2D eigenvalue weighted by atomic mass is 19.4. The maximum Gasteiger partial charge on any atom is 0.573 e. The Morgan fingerprint density at radius 3 is 2.54 bits per heavy atom. The summed E-state index contributed by atoms with van der Waals surface area (Å²) in [6.07, 6.45) is -0.203. The number of aryl methyl sites for hydroxylation is 1. The Kier molecular flexibility index (Phi) is 4.62. The molecule has 0 saturated carbocycles. The van der Waals surface area contributed by atoms with Crippen molar-refractivity contribution in [3.05, 3.63) is 53.9 Å². The van der Waals surface area contributed by atoms with Gasteiger partial charge in [-0.3, -0.25) is 4.90 Å². The van der Waals surface area contributed by atoms with Crippen molar-refractivity contribution >= 4 is 0 Å². The lowest BCUT2D eigenvalue weighted by Gasteiger charge is -2.26. The van der Waals surface area contributed by atoms with E-state index in [1.54, 1.807) is 18.5 Å². The molecule has 148 valence electrons. The highest BCUT2D eigenvalue weighted by Crippen LogP contribution is 2.29. The Morgan fingerprint density at radius 2 is 1.89 bits per heavy atom. The molecule has 2 aromatic heterocycles. The van der Waals surface area contributed by atoms with E-state index in [4.69, 9.17) is 4.98 Å². The summed E-state index contributed by atoms with van der Waals surface area (Å²) in [5, 5.41) is 0. The third-order valence-corrected chi connectivity index (χ3v) is 4.98. The fourth-order valence-corrected chi connectivity index (χ4v) is 3.51. The first-order valence-corrected chi connectivity index (χ1v) is 8.88. The van der Waals surface area contributed by atoms with Crippen LogP contribution in [0.3, 0.4) is 0 Å². The second-order valence-electron chi connectivity index (χ2n) is 6.92. The van der Waals surface area contributed by atoms with Gasteiger partial charge in [0.25, 0.3) is 0 Å². The molecule has 1 aliphatic heterocycles. The van der Waals surface area contributed by atoms with E-state index in [2.05, 4.69) is 14.6 Å². The van der Waals surface area contributed by atoms with E-state index >= 15 is 0 Å². The average molecular weight is 391 g/mol. The molecule has 0 radical (unpaired) electrons. The van der Waals surface area contributed by atoms with Gasteiger partial charge in [-0.2, -0.15) is 0 Å². The molecule has 4 rings (SSSR count). The van der Waals surface area contributed by atoms with E-state index in [-0.39, 0.29) is 5.75 Å². The SMILES string of the molecule is Cn1cncc1CN1CCc2nc(-c3ccc(OC(F)(F)F)cc3)n(C)c2C1. The Hall–Kier alpha value is -2.81. The van der Waals surface area contributed by atoms with Gasteiger partial charge in [-0.1, -0.05) is 0 Å². The molecule has 1 aromatic carbocycles. The van der Waals surface area contributed by atoms with Crippen LogP contribution in [0.25, 0.3) is 11.4 Å². The summed E-state index contributed by atoms with van der Waals surface area (Å²) in [6.45, 7) is 2.46. The standard InChI is InChI=1S/C19H20F3N5O/c1-25-12-23-9-14(25)10-27-8-7-16-17(11-27)26(2)18(24-16)13-3-5-15(6-4-13)28-19(20,21)22/h3-6,9,12H,7-8,10-11H2,1-2H3. The lowest BCUT2D eigenvalue weighted by molar-refractivity contribution is -0.274. The van der Waals surface area contributed by atoms with Crippen molar-refractivity contribution in [1.29, 1.82) is 0 Å². The van der Waals surface area contributed by atoms with Crippen LogP contribution in [-0.4, -0.2) is 36.9 Å². The van der Waals surface area contributed by atoms with Crippen LogP contribution >= 0.6 is 0 Å². The van der Waals surface area contributed by atoms with Crippen LogP contribution in [-0.2, 0) is 33.6 Å². The fourth-order valence-electron chi connectivity index (χ4n) is 3.51. The second kappa shape index (κ2) is 6.97. The molecule has 6 nitrogen and oxygen atoms in total. The van der Waals surface area contributed by atoms with E-state index in [1.807, 2.05) is 29.4 Å². The Morgan fingerprint density at radius 1 is 1.14 bits per heavy atom. The fraction of sp³-hybridized carbons (Fsp3) is 0.368. The number of nitrogens with zero attached hydrogens (tertiary/aromatic N) is 5. The molecule has 0 spiro atoms. The van der Waals surface area contributed by atoms with Gasteiger partial charge in [0.05, 0.1) is 23.4 Å². The molecule has 3 aromatic rings. The summed E-state index contributed by atoms with van der Waals surface area (Å²) < 4.78 is 45.0. The summed E-state index contributed by atoms with van der Waals surface area (Å²) >= 11 is 0. The molecule has 0 saturated heterocycles. The van der Waals surface area contributed by atoms with Crippen LogP contribution in [0.1, 0.15) is 17.1 Å². The molecular formula is C19H20F3N5O. The Bertz CT molecular complexity index is 975. The molecule has 0 aliphatic carbocycles. The van der Waals surface area contributed by atoms with Crippen molar-refractivity contribution in [1.82, 2.24) is 24.0 Å². The molecule has 0 N–H and O–H groups in total. The van der Waals surface area contributed by atoms with Gasteiger partial charge in [-0.05, 0) is 24.3 Å². The first-order valence-electron chi connectivity index (χ1n) is 8.88. The second-order valence-corrected chi connectivity index (χ2v) is 6.92. The van der Waals surface area contributed by atoms with Crippen LogP contribution < -0.4 is 4.74 Å². The predicted molar refractivity (Wildman–Crippen MR) is 96.4 cm³/mol. The highest BCUT2D eigenvalue weighted by molar-refractivity contribution is 5.58. The molecule has 0 atom stereocenters. The van der Waals surface area contributed by atoms with Crippen molar-refractivity contribution in [3.8, 4) is 17.1 Å². The van der Waals surface area contributed by atoms with Crippen molar-refractivity contribution in [2.24, 2.45) is 14.1 Å². The number of halogens is 3. The van der Waals surface area contributed by atoms with Gasteiger partial charge >= 0.3 is 6.36 Å². The molecule has 0 unspecified atom stereocenters. The van der Waals surface area contributed by atoms with Crippen LogP contribution in [0.5, 0.6) is 5.75 Å². The average Bonchev–Trinajstić information content (AvgIpc) is 3.18.